The van der Waals surface area contributed by atoms with E-state index in [1.54, 1.807) is 6.08 Å². The van der Waals surface area contributed by atoms with Gasteiger partial charge in [-0.05, 0) is 18.6 Å². The molecule has 0 fully saturated rings. The molecule has 0 radical (unpaired) electrons. The van der Waals surface area contributed by atoms with Crippen molar-refractivity contribution in [3.63, 3.8) is 0 Å². The second-order valence-corrected chi connectivity index (χ2v) is 4.41. The first kappa shape index (κ1) is 7.76. The van der Waals surface area contributed by atoms with Crippen LogP contribution in [0.5, 0.6) is 0 Å². The van der Waals surface area contributed by atoms with Crippen molar-refractivity contribution in [2.75, 3.05) is 0 Å². The predicted octanol–water partition coefficient (Wildman–Crippen LogP) is 1.27. The van der Waals surface area contributed by atoms with Crippen LogP contribution in [0.4, 0.5) is 0 Å². The molecule has 2 rings (SSSR count). The molecule has 12 heavy (non-hydrogen) atoms. The Morgan fingerprint density at radius 3 is 2.67 bits per heavy atom. The van der Waals surface area contributed by atoms with Gasteiger partial charge >= 0.3 is 0 Å². The molecule has 0 amide bonds. The second kappa shape index (κ2) is 2.08. The fraction of sp³-hybridized carbons (Fsp3) is 0.250. The van der Waals surface area contributed by atoms with Crippen LogP contribution in [0.3, 0.4) is 0 Å². The van der Waals surface area contributed by atoms with Crippen LogP contribution in [0, 0.1) is 5.92 Å². The van der Waals surface area contributed by atoms with Crippen LogP contribution in [0.2, 0.25) is 0 Å². The molecule has 3 nitrogen and oxygen atoms in total. The van der Waals surface area contributed by atoms with Gasteiger partial charge in [-0.1, -0.05) is 17.7 Å². The quantitative estimate of drug-likeness (QED) is 0.624. The predicted molar refractivity (Wildman–Crippen MR) is 45.0 cm³/mol. The van der Waals surface area contributed by atoms with Crippen molar-refractivity contribution in [3.05, 3.63) is 34.3 Å². The summed E-state index contributed by atoms with van der Waals surface area (Å²) in [6.45, 7) is 1.94. The lowest BCUT2D eigenvalue weighted by molar-refractivity contribution is 0.491. The summed E-state index contributed by atoms with van der Waals surface area (Å²) in [4.78, 5) is 0.0538. The van der Waals surface area contributed by atoms with E-state index in [2.05, 4.69) is 0 Å². The summed E-state index contributed by atoms with van der Waals surface area (Å²) in [5.41, 5.74) is 1.86. The lowest BCUT2D eigenvalue weighted by atomic mass is 10.1. The maximum atomic E-state index is 10.7. The molecule has 0 aromatic carbocycles. The Bertz CT molecular complexity index is 423. The molecule has 4 heteroatoms. The van der Waals surface area contributed by atoms with Crippen molar-refractivity contribution < 1.29 is 13.0 Å². The molecule has 0 aliphatic heterocycles. The highest BCUT2D eigenvalue weighted by molar-refractivity contribution is 7.90. The van der Waals surface area contributed by atoms with Gasteiger partial charge in [-0.25, -0.2) is 0 Å². The van der Waals surface area contributed by atoms with Gasteiger partial charge < -0.3 is 0 Å². The Morgan fingerprint density at radius 1 is 1.42 bits per heavy atom. The molecule has 1 atom stereocenters. The minimum absolute atomic E-state index is 0.0538. The first-order valence-corrected chi connectivity index (χ1v) is 5.02. The summed E-state index contributed by atoms with van der Waals surface area (Å²) >= 11 is 0. The Kier molecular flexibility index (Phi) is 1.35. The fourth-order valence-corrected chi connectivity index (χ4v) is 2.12. The van der Waals surface area contributed by atoms with Crippen LogP contribution in [-0.2, 0) is 10.1 Å². The van der Waals surface area contributed by atoms with Crippen molar-refractivity contribution in [2.45, 2.75) is 6.92 Å². The van der Waals surface area contributed by atoms with Crippen molar-refractivity contribution in [3.8, 4) is 0 Å². The van der Waals surface area contributed by atoms with Gasteiger partial charge in [0.2, 0.25) is 0 Å². The van der Waals surface area contributed by atoms with Crippen molar-refractivity contribution in [1.29, 1.82) is 0 Å². The first-order chi connectivity index (χ1) is 5.50. The third-order valence-corrected chi connectivity index (χ3v) is 3.05. The molecular formula is C8H8O3S. The standard InChI is InChI=1S/C8H8O3S/c1-5-2-3-8(12(9,10)11)7-4-6(5)7/h2-4,6H,1H3,(H,9,10,11)/t6-/m1/s1. The molecule has 0 spiro atoms. The normalized spacial score (nSPS) is 26.8. The lowest BCUT2D eigenvalue weighted by Gasteiger charge is -2.07. The summed E-state index contributed by atoms with van der Waals surface area (Å²) in [6.07, 6.45) is 5.00. The minimum atomic E-state index is -4.01. The van der Waals surface area contributed by atoms with Crippen LogP contribution in [0.15, 0.2) is 34.3 Å². The molecule has 1 N–H and O–H groups in total. The molecule has 0 saturated carbocycles. The lowest BCUT2D eigenvalue weighted by Crippen LogP contribution is -2.05. The Hall–Kier alpha value is -0.870. The van der Waals surface area contributed by atoms with Crippen LogP contribution >= 0.6 is 0 Å². The van der Waals surface area contributed by atoms with E-state index in [0.29, 0.717) is 0 Å². The van der Waals surface area contributed by atoms with Gasteiger partial charge in [0.15, 0.2) is 0 Å². The Balaban J connectivity index is 2.48. The molecule has 2 aliphatic carbocycles. The molecule has 64 valence electrons. The minimum Gasteiger partial charge on any atom is -0.282 e. The van der Waals surface area contributed by atoms with Gasteiger partial charge in [-0.3, -0.25) is 4.55 Å². The Morgan fingerprint density at radius 2 is 2.08 bits per heavy atom. The number of rotatable bonds is 1. The SMILES string of the molecule is CC1=CC=C(S(=O)(=O)O)C2=C[C@H]12. The summed E-state index contributed by atoms with van der Waals surface area (Å²) < 4.78 is 30.3. The smallest absolute Gasteiger partial charge is 0.282 e. The fourth-order valence-electron chi connectivity index (χ4n) is 1.39. The van der Waals surface area contributed by atoms with E-state index < -0.39 is 10.1 Å². The molecule has 2 aliphatic rings. The molecule has 0 unspecified atom stereocenters. The van der Waals surface area contributed by atoms with Gasteiger partial charge in [0.1, 0.15) is 0 Å². The van der Waals surface area contributed by atoms with E-state index in [1.165, 1.54) is 6.08 Å². The highest BCUT2D eigenvalue weighted by atomic mass is 32.2. The van der Waals surface area contributed by atoms with Crippen LogP contribution < -0.4 is 0 Å². The van der Waals surface area contributed by atoms with Gasteiger partial charge in [-0.15, -0.1) is 0 Å². The largest absolute Gasteiger partial charge is 0.294 e. The van der Waals surface area contributed by atoms with E-state index in [1.807, 2.05) is 13.0 Å². The maximum absolute atomic E-state index is 10.7. The molecule has 0 bridgehead atoms. The van der Waals surface area contributed by atoms with Crippen molar-refractivity contribution in [1.82, 2.24) is 0 Å². The van der Waals surface area contributed by atoms with Crippen LogP contribution in [-0.4, -0.2) is 13.0 Å². The van der Waals surface area contributed by atoms with Crippen molar-refractivity contribution in [2.24, 2.45) is 5.92 Å². The number of fused-ring (bicyclic) bond motifs is 1. The molecular weight excluding hydrogens is 176 g/mol. The summed E-state index contributed by atoms with van der Waals surface area (Å²) in [5.74, 6) is 0.159. The van der Waals surface area contributed by atoms with E-state index in [0.717, 1.165) is 11.1 Å². The zero-order valence-corrected chi connectivity index (χ0v) is 7.30. The highest BCUT2D eigenvalue weighted by Crippen LogP contribution is 2.44. The first-order valence-electron chi connectivity index (χ1n) is 3.58. The third-order valence-electron chi connectivity index (χ3n) is 2.12. The van der Waals surface area contributed by atoms with E-state index in [4.69, 9.17) is 4.55 Å². The number of allylic oxidation sites excluding steroid dienone is 5. The number of hydrogen-bond donors (Lipinski definition) is 1. The highest BCUT2D eigenvalue weighted by Gasteiger charge is 2.36. The van der Waals surface area contributed by atoms with Gasteiger partial charge in [0.05, 0.1) is 4.91 Å². The second-order valence-electron chi connectivity index (χ2n) is 3.02. The average molecular weight is 184 g/mol. The monoisotopic (exact) mass is 184 g/mol. The third kappa shape index (κ3) is 1.04. The number of hydrogen-bond acceptors (Lipinski definition) is 2. The van der Waals surface area contributed by atoms with Gasteiger partial charge in [-0.2, -0.15) is 8.42 Å². The van der Waals surface area contributed by atoms with E-state index in [9.17, 15) is 8.42 Å². The summed E-state index contributed by atoms with van der Waals surface area (Å²) in [6, 6.07) is 0. The van der Waals surface area contributed by atoms with E-state index >= 15 is 0 Å². The Labute approximate surface area is 70.8 Å². The molecule has 0 heterocycles. The topological polar surface area (TPSA) is 54.4 Å². The van der Waals surface area contributed by atoms with Crippen molar-refractivity contribution >= 4 is 10.1 Å². The molecule has 0 aromatic rings. The zero-order valence-electron chi connectivity index (χ0n) is 6.48. The summed E-state index contributed by atoms with van der Waals surface area (Å²) in [5, 5.41) is 0. The van der Waals surface area contributed by atoms with Gasteiger partial charge in [0.25, 0.3) is 10.1 Å². The van der Waals surface area contributed by atoms with E-state index in [-0.39, 0.29) is 10.8 Å². The summed E-state index contributed by atoms with van der Waals surface area (Å²) in [7, 11) is -4.01. The molecule has 0 aromatic heterocycles. The average Bonchev–Trinajstić information content (AvgIpc) is 2.64. The zero-order chi connectivity index (χ0) is 8.93. The maximum Gasteiger partial charge on any atom is 0.294 e. The molecule has 0 saturated heterocycles. The van der Waals surface area contributed by atoms with Crippen LogP contribution in [0.1, 0.15) is 6.92 Å². The van der Waals surface area contributed by atoms with Crippen LogP contribution in [0.25, 0.3) is 0 Å². The van der Waals surface area contributed by atoms with Gasteiger partial charge in [0, 0.05) is 5.92 Å².